The van der Waals surface area contributed by atoms with E-state index in [9.17, 15) is 14.9 Å². The van der Waals surface area contributed by atoms with E-state index in [1.165, 1.54) is 32.4 Å². The first-order chi connectivity index (χ1) is 9.99. The second kappa shape index (κ2) is 5.45. The Labute approximate surface area is 118 Å². The second-order valence-electron chi connectivity index (χ2n) is 3.84. The molecule has 21 heavy (non-hydrogen) atoms. The van der Waals surface area contributed by atoms with Gasteiger partial charge in [-0.2, -0.15) is 4.68 Å². The van der Waals surface area contributed by atoms with Gasteiger partial charge in [0.05, 0.1) is 24.8 Å². The Morgan fingerprint density at radius 3 is 2.71 bits per heavy atom. The van der Waals surface area contributed by atoms with Crippen molar-refractivity contribution < 1.29 is 19.2 Å². The van der Waals surface area contributed by atoms with Crippen molar-refractivity contribution in [2.75, 3.05) is 20.0 Å². The van der Waals surface area contributed by atoms with Crippen LogP contribution in [0.3, 0.4) is 0 Å². The molecule has 110 valence electrons. The molecule has 1 heterocycles. The largest absolute Gasteiger partial charge is 0.490 e. The van der Waals surface area contributed by atoms with E-state index >= 15 is 0 Å². The fourth-order valence-corrected chi connectivity index (χ4v) is 1.67. The minimum Gasteiger partial charge on any atom is -0.490 e. The summed E-state index contributed by atoms with van der Waals surface area (Å²) >= 11 is 0. The normalized spacial score (nSPS) is 10.2. The first-order valence-electron chi connectivity index (χ1n) is 5.62. The lowest BCUT2D eigenvalue weighted by Crippen LogP contribution is -2.08. The van der Waals surface area contributed by atoms with Gasteiger partial charge in [0.2, 0.25) is 5.69 Å². The fourth-order valence-electron chi connectivity index (χ4n) is 1.67. The molecule has 1 aromatic carbocycles. The van der Waals surface area contributed by atoms with Crippen LogP contribution in [0.2, 0.25) is 0 Å². The van der Waals surface area contributed by atoms with Crippen molar-refractivity contribution in [1.82, 2.24) is 15.0 Å². The van der Waals surface area contributed by atoms with Crippen molar-refractivity contribution in [3.63, 3.8) is 0 Å². The molecule has 2 N–H and O–H groups in total. The average molecular weight is 293 g/mol. The van der Waals surface area contributed by atoms with Gasteiger partial charge in [-0.1, -0.05) is 5.21 Å². The monoisotopic (exact) mass is 293 g/mol. The quantitative estimate of drug-likeness (QED) is 0.490. The Morgan fingerprint density at radius 1 is 1.43 bits per heavy atom. The highest BCUT2D eigenvalue weighted by atomic mass is 16.6. The number of esters is 1. The van der Waals surface area contributed by atoms with E-state index < -0.39 is 10.9 Å². The summed E-state index contributed by atoms with van der Waals surface area (Å²) < 4.78 is 10.5. The molecule has 0 aliphatic heterocycles. The summed E-state index contributed by atoms with van der Waals surface area (Å²) in [6.45, 7) is 0. The Kier molecular flexibility index (Phi) is 3.69. The third kappa shape index (κ3) is 2.45. The van der Waals surface area contributed by atoms with Crippen LogP contribution in [0.15, 0.2) is 18.2 Å². The summed E-state index contributed by atoms with van der Waals surface area (Å²) in [6, 6.07) is 4.11. The molecule has 2 aromatic rings. The topological polar surface area (TPSA) is 135 Å². The van der Waals surface area contributed by atoms with Gasteiger partial charge in [-0.25, -0.2) is 4.79 Å². The van der Waals surface area contributed by atoms with Crippen molar-refractivity contribution in [3.8, 4) is 11.4 Å². The maximum absolute atomic E-state index is 11.4. The van der Waals surface area contributed by atoms with Crippen LogP contribution in [0.1, 0.15) is 10.5 Å². The molecule has 0 atom stereocenters. The number of nitrogen functional groups attached to an aromatic ring is 1. The highest BCUT2D eigenvalue weighted by Crippen LogP contribution is 2.29. The maximum atomic E-state index is 11.4. The molecule has 0 unspecified atom stereocenters. The van der Waals surface area contributed by atoms with Crippen LogP contribution < -0.4 is 10.5 Å². The molecular weight excluding hydrogens is 282 g/mol. The third-order valence-electron chi connectivity index (χ3n) is 2.69. The number of ether oxygens (including phenoxy) is 2. The minimum absolute atomic E-state index is 0.0821. The summed E-state index contributed by atoms with van der Waals surface area (Å²) in [6.07, 6.45) is 0. The third-order valence-corrected chi connectivity index (χ3v) is 2.69. The van der Waals surface area contributed by atoms with E-state index in [4.69, 9.17) is 10.5 Å². The molecule has 10 nitrogen and oxygen atoms in total. The summed E-state index contributed by atoms with van der Waals surface area (Å²) in [5.41, 5.74) is 5.58. The van der Waals surface area contributed by atoms with Gasteiger partial charge in [-0.05, 0) is 12.1 Å². The van der Waals surface area contributed by atoms with Crippen molar-refractivity contribution >= 4 is 17.5 Å². The number of nitrogens with two attached hydrogens (primary N) is 1. The van der Waals surface area contributed by atoms with Gasteiger partial charge < -0.3 is 15.2 Å². The number of aromatic nitrogens is 3. The predicted molar refractivity (Wildman–Crippen MR) is 70.3 cm³/mol. The number of hydrogen-bond donors (Lipinski definition) is 1. The molecule has 0 aliphatic carbocycles. The molecule has 0 fully saturated rings. The number of benzene rings is 1. The van der Waals surface area contributed by atoms with Crippen molar-refractivity contribution in [1.29, 1.82) is 0 Å². The fraction of sp³-hybridized carbons (Fsp3) is 0.182. The number of rotatable bonds is 4. The van der Waals surface area contributed by atoms with Gasteiger partial charge in [0.15, 0.2) is 11.6 Å². The lowest BCUT2D eigenvalue weighted by molar-refractivity contribution is -0.385. The zero-order valence-electron chi connectivity index (χ0n) is 11.1. The first kappa shape index (κ1) is 14.2. The number of nitrogens with zero attached hydrogens (tertiary/aromatic N) is 4. The van der Waals surface area contributed by atoms with Crippen LogP contribution in [-0.4, -0.2) is 40.1 Å². The van der Waals surface area contributed by atoms with Crippen molar-refractivity contribution in [3.05, 3.63) is 34.0 Å². The van der Waals surface area contributed by atoms with E-state index in [1.807, 2.05) is 0 Å². The van der Waals surface area contributed by atoms with Crippen LogP contribution in [0, 0.1) is 10.1 Å². The van der Waals surface area contributed by atoms with Gasteiger partial charge in [0, 0.05) is 6.07 Å². The number of hydrogen-bond acceptors (Lipinski definition) is 8. The minimum atomic E-state index is -0.748. The first-order valence-corrected chi connectivity index (χ1v) is 5.62. The van der Waals surface area contributed by atoms with Gasteiger partial charge in [0.1, 0.15) is 0 Å². The molecule has 0 bridgehead atoms. The molecule has 2 rings (SSSR count). The Morgan fingerprint density at radius 2 is 2.14 bits per heavy atom. The van der Waals surface area contributed by atoms with Crippen LogP contribution in [-0.2, 0) is 4.74 Å². The second-order valence-corrected chi connectivity index (χ2v) is 3.84. The Balaban J connectivity index is 2.53. The van der Waals surface area contributed by atoms with Gasteiger partial charge in [-0.15, -0.1) is 5.10 Å². The highest BCUT2D eigenvalue weighted by molar-refractivity contribution is 5.92. The lowest BCUT2D eigenvalue weighted by Gasteiger charge is -2.06. The number of carbonyl (C=O) groups excluding carboxylic acids is 1. The SMILES string of the molecule is COC(=O)c1nnn(-c2ccc(OC)c([N+](=O)[O-])c2)c1N. The average Bonchev–Trinajstić information content (AvgIpc) is 2.87. The van der Waals surface area contributed by atoms with E-state index in [2.05, 4.69) is 15.0 Å². The lowest BCUT2D eigenvalue weighted by atomic mass is 10.2. The number of nitro benzene ring substituents is 1. The van der Waals surface area contributed by atoms with Gasteiger partial charge in [-0.3, -0.25) is 10.1 Å². The molecule has 0 saturated heterocycles. The summed E-state index contributed by atoms with van der Waals surface area (Å²) in [5.74, 6) is -0.737. The van der Waals surface area contributed by atoms with Crippen LogP contribution in [0.25, 0.3) is 5.69 Å². The molecule has 1 aromatic heterocycles. The zero-order chi connectivity index (χ0) is 15.6. The molecule has 0 aliphatic rings. The van der Waals surface area contributed by atoms with E-state index in [1.54, 1.807) is 0 Å². The highest BCUT2D eigenvalue weighted by Gasteiger charge is 2.21. The predicted octanol–water partition coefficient (Wildman–Crippen LogP) is 0.553. The molecule has 0 amide bonds. The standard InChI is InChI=1S/C11H11N5O5/c1-20-8-4-3-6(5-7(8)16(18)19)15-10(12)9(13-14-15)11(17)21-2/h3-5H,12H2,1-2H3. The van der Waals surface area contributed by atoms with Crippen LogP contribution in [0.5, 0.6) is 5.75 Å². The molecule has 10 heteroatoms. The molecule has 0 radical (unpaired) electrons. The number of carbonyl (C=O) groups is 1. The molecule has 0 spiro atoms. The summed E-state index contributed by atoms with van der Waals surface area (Å²) in [7, 11) is 2.50. The van der Waals surface area contributed by atoms with Crippen molar-refractivity contribution in [2.45, 2.75) is 0 Å². The Bertz CT molecular complexity index is 711. The van der Waals surface area contributed by atoms with Crippen molar-refractivity contribution in [2.24, 2.45) is 0 Å². The maximum Gasteiger partial charge on any atom is 0.362 e. The van der Waals surface area contributed by atoms with E-state index in [-0.39, 0.29) is 28.6 Å². The van der Waals surface area contributed by atoms with Gasteiger partial charge >= 0.3 is 11.7 Å². The summed E-state index contributed by atoms with van der Waals surface area (Å²) in [5, 5.41) is 18.3. The van der Waals surface area contributed by atoms with E-state index in [0.29, 0.717) is 0 Å². The van der Waals surface area contributed by atoms with E-state index in [0.717, 1.165) is 4.68 Å². The smallest absolute Gasteiger partial charge is 0.362 e. The van der Waals surface area contributed by atoms with Crippen LogP contribution in [0.4, 0.5) is 11.5 Å². The number of methoxy groups -OCH3 is 2. The Hall–Kier alpha value is -3.17. The zero-order valence-corrected chi connectivity index (χ0v) is 11.1. The molecule has 0 saturated carbocycles. The number of nitro groups is 1. The summed E-state index contributed by atoms with van der Waals surface area (Å²) in [4.78, 5) is 21.8. The number of anilines is 1. The van der Waals surface area contributed by atoms with Gasteiger partial charge in [0.25, 0.3) is 0 Å². The molecular formula is C11H11N5O5. The van der Waals surface area contributed by atoms with Crippen LogP contribution >= 0.6 is 0 Å².